The molecule has 7 heteroatoms. The molecule has 1 atom stereocenters. The van der Waals surface area contributed by atoms with Crippen LogP contribution in [0.15, 0.2) is 18.5 Å². The minimum absolute atomic E-state index is 0.0242. The maximum atomic E-state index is 12.2. The molecule has 2 heterocycles. The van der Waals surface area contributed by atoms with Gasteiger partial charge in [-0.15, -0.1) is 0 Å². The fourth-order valence-electron chi connectivity index (χ4n) is 2.55. The molecular formula is C16H28N6O. The third-order valence-electron chi connectivity index (χ3n) is 4.49. The standard InChI is InChI=1S/C16H28N6O/c1-4-14(2)20(3)9-8-19-16(23)22-12-10-21(11-13-22)15-17-6-5-7-18-15/h5-7,14H,4,8-13H2,1-3H3,(H,19,23). The van der Waals surface area contributed by atoms with Crippen molar-refractivity contribution in [3.8, 4) is 0 Å². The van der Waals surface area contributed by atoms with Crippen molar-refractivity contribution in [2.45, 2.75) is 26.3 Å². The number of nitrogens with one attached hydrogen (secondary N) is 1. The number of hydrogen-bond donors (Lipinski definition) is 1. The Kier molecular flexibility index (Phi) is 6.58. The summed E-state index contributed by atoms with van der Waals surface area (Å²) >= 11 is 0. The van der Waals surface area contributed by atoms with Crippen LogP contribution in [-0.4, -0.2) is 78.2 Å². The molecule has 1 unspecified atom stereocenters. The number of carbonyl (C=O) groups excluding carboxylic acids is 1. The summed E-state index contributed by atoms with van der Waals surface area (Å²) < 4.78 is 0. The highest BCUT2D eigenvalue weighted by atomic mass is 16.2. The number of carbonyl (C=O) groups is 1. The number of amides is 2. The van der Waals surface area contributed by atoms with Gasteiger partial charge in [0.15, 0.2) is 0 Å². The van der Waals surface area contributed by atoms with Gasteiger partial charge in [-0.25, -0.2) is 14.8 Å². The Morgan fingerprint density at radius 2 is 1.96 bits per heavy atom. The van der Waals surface area contributed by atoms with E-state index in [1.165, 1.54) is 0 Å². The van der Waals surface area contributed by atoms with Crippen LogP contribution in [0.3, 0.4) is 0 Å². The number of anilines is 1. The molecular weight excluding hydrogens is 292 g/mol. The van der Waals surface area contributed by atoms with Crippen molar-refractivity contribution in [2.24, 2.45) is 0 Å². The highest BCUT2D eigenvalue weighted by molar-refractivity contribution is 5.74. The molecule has 2 rings (SSSR count). The second kappa shape index (κ2) is 8.67. The molecule has 2 amide bonds. The number of piperazine rings is 1. The lowest BCUT2D eigenvalue weighted by atomic mass is 10.2. The maximum Gasteiger partial charge on any atom is 0.317 e. The fraction of sp³-hybridized carbons (Fsp3) is 0.688. The van der Waals surface area contributed by atoms with E-state index in [2.05, 4.69) is 46.0 Å². The van der Waals surface area contributed by atoms with Gasteiger partial charge in [-0.1, -0.05) is 6.92 Å². The molecule has 1 saturated heterocycles. The molecule has 0 bridgehead atoms. The van der Waals surface area contributed by atoms with E-state index in [1.807, 2.05) is 11.0 Å². The van der Waals surface area contributed by atoms with Crippen LogP contribution in [0.25, 0.3) is 0 Å². The summed E-state index contributed by atoms with van der Waals surface area (Å²) in [6.07, 6.45) is 4.61. The van der Waals surface area contributed by atoms with Crippen molar-refractivity contribution in [1.82, 2.24) is 25.1 Å². The van der Waals surface area contributed by atoms with Crippen LogP contribution in [0.4, 0.5) is 10.7 Å². The van der Waals surface area contributed by atoms with E-state index < -0.39 is 0 Å². The second-order valence-corrected chi connectivity index (χ2v) is 5.99. The Hall–Kier alpha value is -1.89. The number of aromatic nitrogens is 2. The van der Waals surface area contributed by atoms with E-state index in [9.17, 15) is 4.79 Å². The first-order chi connectivity index (χ1) is 11.1. The van der Waals surface area contributed by atoms with Gasteiger partial charge in [0.1, 0.15) is 0 Å². The van der Waals surface area contributed by atoms with Crippen molar-refractivity contribution in [1.29, 1.82) is 0 Å². The fourth-order valence-corrected chi connectivity index (χ4v) is 2.55. The van der Waals surface area contributed by atoms with Crippen molar-refractivity contribution < 1.29 is 4.79 Å². The van der Waals surface area contributed by atoms with E-state index >= 15 is 0 Å². The molecule has 1 N–H and O–H groups in total. The van der Waals surface area contributed by atoms with Crippen molar-refractivity contribution >= 4 is 12.0 Å². The van der Waals surface area contributed by atoms with Crippen molar-refractivity contribution in [3.05, 3.63) is 18.5 Å². The summed E-state index contributed by atoms with van der Waals surface area (Å²) in [5.41, 5.74) is 0. The zero-order valence-corrected chi connectivity index (χ0v) is 14.4. The highest BCUT2D eigenvalue weighted by Gasteiger charge is 2.22. The summed E-state index contributed by atoms with van der Waals surface area (Å²) in [7, 11) is 2.10. The molecule has 1 aliphatic heterocycles. The SMILES string of the molecule is CCC(C)N(C)CCNC(=O)N1CCN(c2ncccn2)CC1. The first-order valence-corrected chi connectivity index (χ1v) is 8.36. The molecule has 128 valence electrons. The van der Waals surface area contributed by atoms with E-state index in [1.54, 1.807) is 12.4 Å². The summed E-state index contributed by atoms with van der Waals surface area (Å²) in [5, 5.41) is 3.01. The average Bonchev–Trinajstić information content (AvgIpc) is 2.61. The Morgan fingerprint density at radius 1 is 1.30 bits per heavy atom. The van der Waals surface area contributed by atoms with Crippen LogP contribution >= 0.6 is 0 Å². The smallest absolute Gasteiger partial charge is 0.317 e. The van der Waals surface area contributed by atoms with Gasteiger partial charge < -0.3 is 20.0 Å². The lowest BCUT2D eigenvalue weighted by molar-refractivity contribution is 0.190. The van der Waals surface area contributed by atoms with Gasteiger partial charge in [0.25, 0.3) is 0 Å². The topological polar surface area (TPSA) is 64.6 Å². The molecule has 0 radical (unpaired) electrons. The largest absolute Gasteiger partial charge is 0.337 e. The summed E-state index contributed by atoms with van der Waals surface area (Å²) in [4.78, 5) is 27.0. The minimum atomic E-state index is 0.0242. The average molecular weight is 320 g/mol. The summed E-state index contributed by atoms with van der Waals surface area (Å²) in [6.45, 7) is 8.87. The number of likely N-dealkylation sites (N-methyl/N-ethyl adjacent to an activating group) is 1. The minimum Gasteiger partial charge on any atom is -0.337 e. The first kappa shape index (κ1) is 17.5. The molecule has 7 nitrogen and oxygen atoms in total. The van der Waals surface area contributed by atoms with Crippen LogP contribution in [0, 0.1) is 0 Å². The predicted octanol–water partition coefficient (Wildman–Crippen LogP) is 1.04. The summed E-state index contributed by atoms with van der Waals surface area (Å²) in [5.74, 6) is 0.739. The molecule has 1 fully saturated rings. The van der Waals surface area contributed by atoms with Gasteiger partial charge in [-0.05, 0) is 26.5 Å². The summed E-state index contributed by atoms with van der Waals surface area (Å²) in [6, 6.07) is 2.38. The molecule has 1 aromatic heterocycles. The molecule has 0 aromatic carbocycles. The Balaban J connectivity index is 1.69. The third kappa shape index (κ3) is 5.06. The lowest BCUT2D eigenvalue weighted by Gasteiger charge is -2.34. The molecule has 1 aromatic rings. The normalized spacial score (nSPS) is 16.5. The number of urea groups is 1. The van der Waals surface area contributed by atoms with E-state index in [0.29, 0.717) is 25.7 Å². The van der Waals surface area contributed by atoms with Crippen LogP contribution in [0.1, 0.15) is 20.3 Å². The Morgan fingerprint density at radius 3 is 2.57 bits per heavy atom. The number of rotatable bonds is 6. The lowest BCUT2D eigenvalue weighted by Crippen LogP contribution is -2.53. The van der Waals surface area contributed by atoms with Gasteiger partial charge in [0.05, 0.1) is 0 Å². The Labute approximate surface area is 138 Å². The van der Waals surface area contributed by atoms with Gasteiger partial charge in [0.2, 0.25) is 5.95 Å². The zero-order chi connectivity index (χ0) is 16.7. The Bertz CT molecular complexity index is 475. The quantitative estimate of drug-likeness (QED) is 0.848. The van der Waals surface area contributed by atoms with Crippen molar-refractivity contribution in [3.63, 3.8) is 0 Å². The monoisotopic (exact) mass is 320 g/mol. The van der Waals surface area contributed by atoms with Crippen LogP contribution in [-0.2, 0) is 0 Å². The van der Waals surface area contributed by atoms with Crippen LogP contribution < -0.4 is 10.2 Å². The molecule has 0 saturated carbocycles. The number of hydrogen-bond acceptors (Lipinski definition) is 5. The van der Waals surface area contributed by atoms with Crippen LogP contribution in [0.2, 0.25) is 0 Å². The van der Waals surface area contributed by atoms with Gasteiger partial charge >= 0.3 is 6.03 Å². The molecule has 1 aliphatic rings. The van der Waals surface area contributed by atoms with E-state index in [-0.39, 0.29) is 6.03 Å². The van der Waals surface area contributed by atoms with Gasteiger partial charge in [-0.3, -0.25) is 0 Å². The van der Waals surface area contributed by atoms with Crippen molar-refractivity contribution in [2.75, 3.05) is 51.2 Å². The van der Waals surface area contributed by atoms with Gasteiger partial charge in [0, 0.05) is 57.7 Å². The second-order valence-electron chi connectivity index (χ2n) is 5.99. The van der Waals surface area contributed by atoms with E-state index in [0.717, 1.165) is 32.0 Å². The number of nitrogens with zero attached hydrogens (tertiary/aromatic N) is 5. The molecule has 0 aliphatic carbocycles. The predicted molar refractivity (Wildman–Crippen MR) is 91.6 cm³/mol. The van der Waals surface area contributed by atoms with Crippen LogP contribution in [0.5, 0.6) is 0 Å². The van der Waals surface area contributed by atoms with E-state index in [4.69, 9.17) is 0 Å². The third-order valence-corrected chi connectivity index (χ3v) is 4.49. The molecule has 0 spiro atoms. The highest BCUT2D eigenvalue weighted by Crippen LogP contribution is 2.09. The maximum absolute atomic E-state index is 12.2. The van der Waals surface area contributed by atoms with Gasteiger partial charge in [-0.2, -0.15) is 0 Å². The molecule has 23 heavy (non-hydrogen) atoms. The first-order valence-electron chi connectivity index (χ1n) is 8.36. The zero-order valence-electron chi connectivity index (χ0n) is 14.4.